The number of halogens is 2. The average molecular weight is 273 g/mol. The molecule has 0 aliphatic rings. The number of benzene rings is 1. The number of nitrogens with two attached hydrogens (primary N) is 1. The van der Waals surface area contributed by atoms with Gasteiger partial charge in [0.25, 0.3) is 0 Å². The second-order valence-electron chi connectivity index (χ2n) is 4.88. The lowest BCUT2D eigenvalue weighted by Crippen LogP contribution is -2.33. The lowest BCUT2D eigenvalue weighted by Gasteiger charge is -2.29. The minimum absolute atomic E-state index is 0.0331. The highest BCUT2D eigenvalue weighted by atomic mass is 35.5. The highest BCUT2D eigenvalue weighted by Crippen LogP contribution is 2.24. The molecule has 2 unspecified atom stereocenters. The van der Waals surface area contributed by atoms with Gasteiger partial charge < -0.3 is 5.73 Å². The van der Waals surface area contributed by atoms with Crippen LogP contribution >= 0.6 is 11.6 Å². The lowest BCUT2D eigenvalue weighted by molar-refractivity contribution is 0.215. The molecule has 0 fully saturated rings. The summed E-state index contributed by atoms with van der Waals surface area (Å²) < 4.78 is 13.5. The minimum Gasteiger partial charge on any atom is -0.329 e. The summed E-state index contributed by atoms with van der Waals surface area (Å²) in [6, 6.07) is 4.94. The van der Waals surface area contributed by atoms with Gasteiger partial charge in [0.2, 0.25) is 0 Å². The first kappa shape index (κ1) is 15.4. The Bertz CT molecular complexity index is 384. The van der Waals surface area contributed by atoms with Gasteiger partial charge in [-0.25, -0.2) is 4.39 Å². The van der Waals surface area contributed by atoms with E-state index in [2.05, 4.69) is 18.7 Å². The number of nitrogens with zero attached hydrogens (tertiary/aromatic N) is 1. The predicted octanol–water partition coefficient (Wildman–Crippen LogP) is 3.46. The first-order chi connectivity index (χ1) is 8.49. The van der Waals surface area contributed by atoms with Crippen molar-refractivity contribution in [1.82, 2.24) is 4.90 Å². The molecule has 0 amide bonds. The van der Waals surface area contributed by atoms with Crippen LogP contribution in [0.1, 0.15) is 31.9 Å². The van der Waals surface area contributed by atoms with Gasteiger partial charge >= 0.3 is 0 Å². The zero-order chi connectivity index (χ0) is 13.7. The normalized spacial score (nSPS) is 14.8. The summed E-state index contributed by atoms with van der Waals surface area (Å²) in [5.41, 5.74) is 6.69. The van der Waals surface area contributed by atoms with Crippen LogP contribution in [0.25, 0.3) is 0 Å². The third-order valence-electron chi connectivity index (χ3n) is 3.38. The molecule has 0 aliphatic heterocycles. The number of hydrogen-bond donors (Lipinski definition) is 1. The van der Waals surface area contributed by atoms with Gasteiger partial charge in [0, 0.05) is 19.1 Å². The third kappa shape index (κ3) is 3.94. The van der Waals surface area contributed by atoms with Crippen molar-refractivity contribution >= 4 is 11.6 Å². The summed E-state index contributed by atoms with van der Waals surface area (Å²) in [6.45, 7) is 5.78. The molecular formula is C14H22ClFN2. The van der Waals surface area contributed by atoms with Crippen LogP contribution in [0.5, 0.6) is 0 Å². The zero-order valence-electron chi connectivity index (χ0n) is 11.3. The molecule has 0 aromatic heterocycles. The average Bonchev–Trinajstić information content (AvgIpc) is 2.34. The van der Waals surface area contributed by atoms with E-state index in [1.807, 2.05) is 13.1 Å². The molecule has 102 valence electrons. The van der Waals surface area contributed by atoms with Gasteiger partial charge in [-0.2, -0.15) is 0 Å². The van der Waals surface area contributed by atoms with E-state index in [4.69, 9.17) is 17.3 Å². The van der Waals surface area contributed by atoms with Crippen molar-refractivity contribution in [3.05, 3.63) is 34.6 Å². The Morgan fingerprint density at radius 3 is 2.61 bits per heavy atom. The maximum atomic E-state index is 13.5. The van der Waals surface area contributed by atoms with Crippen LogP contribution in [0.2, 0.25) is 5.02 Å². The van der Waals surface area contributed by atoms with Gasteiger partial charge in [0.15, 0.2) is 0 Å². The monoisotopic (exact) mass is 272 g/mol. The molecule has 2 N–H and O–H groups in total. The molecule has 2 atom stereocenters. The Labute approximate surface area is 114 Å². The van der Waals surface area contributed by atoms with Gasteiger partial charge in [-0.05, 0) is 30.7 Å². The SMILES string of the molecule is CCC(C)CN(C)C(CN)c1ccc(Cl)c(F)c1. The molecule has 0 spiro atoms. The predicted molar refractivity (Wildman–Crippen MR) is 75.3 cm³/mol. The van der Waals surface area contributed by atoms with Crippen molar-refractivity contribution in [1.29, 1.82) is 0 Å². The third-order valence-corrected chi connectivity index (χ3v) is 3.69. The Kier molecular flexibility index (Phi) is 6.06. The quantitative estimate of drug-likeness (QED) is 0.859. The molecule has 1 aromatic carbocycles. The molecule has 2 nitrogen and oxygen atoms in total. The fourth-order valence-corrected chi connectivity index (χ4v) is 2.16. The van der Waals surface area contributed by atoms with Crippen molar-refractivity contribution in [3.63, 3.8) is 0 Å². The molecule has 0 bridgehead atoms. The maximum Gasteiger partial charge on any atom is 0.142 e. The molecule has 0 aliphatic carbocycles. The van der Waals surface area contributed by atoms with Crippen molar-refractivity contribution in [3.8, 4) is 0 Å². The van der Waals surface area contributed by atoms with E-state index >= 15 is 0 Å². The van der Waals surface area contributed by atoms with E-state index in [1.54, 1.807) is 6.07 Å². The second kappa shape index (κ2) is 7.07. The van der Waals surface area contributed by atoms with Crippen LogP contribution in [0, 0.1) is 11.7 Å². The van der Waals surface area contributed by atoms with Gasteiger partial charge in [-0.1, -0.05) is 37.9 Å². The van der Waals surface area contributed by atoms with Gasteiger partial charge in [0.1, 0.15) is 5.82 Å². The summed E-state index contributed by atoms with van der Waals surface area (Å²) in [4.78, 5) is 2.18. The second-order valence-corrected chi connectivity index (χ2v) is 5.29. The van der Waals surface area contributed by atoms with Gasteiger partial charge in [-0.15, -0.1) is 0 Å². The molecular weight excluding hydrogens is 251 g/mol. The van der Waals surface area contributed by atoms with Crippen molar-refractivity contribution < 1.29 is 4.39 Å². The van der Waals surface area contributed by atoms with E-state index in [9.17, 15) is 4.39 Å². The van der Waals surface area contributed by atoms with Crippen molar-refractivity contribution in [2.24, 2.45) is 11.7 Å². The molecule has 18 heavy (non-hydrogen) atoms. The van der Waals surface area contributed by atoms with Crippen LogP contribution in [0.15, 0.2) is 18.2 Å². The van der Waals surface area contributed by atoms with E-state index in [1.165, 1.54) is 6.07 Å². The van der Waals surface area contributed by atoms with E-state index in [0.717, 1.165) is 18.5 Å². The van der Waals surface area contributed by atoms with Gasteiger partial charge in [-0.3, -0.25) is 4.90 Å². The molecule has 0 saturated carbocycles. The molecule has 1 rings (SSSR count). The number of rotatable bonds is 6. The molecule has 0 radical (unpaired) electrons. The summed E-state index contributed by atoms with van der Waals surface area (Å²) in [7, 11) is 2.02. The first-order valence-electron chi connectivity index (χ1n) is 6.34. The molecule has 0 heterocycles. The molecule has 4 heteroatoms. The fourth-order valence-electron chi connectivity index (χ4n) is 2.04. The van der Waals surface area contributed by atoms with Crippen LogP contribution in [0.3, 0.4) is 0 Å². The van der Waals surface area contributed by atoms with Crippen LogP contribution in [0.4, 0.5) is 4.39 Å². The summed E-state index contributed by atoms with van der Waals surface area (Å²) in [5, 5.41) is 0.152. The molecule has 1 aromatic rings. The van der Waals surface area contributed by atoms with Crippen molar-refractivity contribution in [2.45, 2.75) is 26.3 Å². The van der Waals surface area contributed by atoms with E-state index < -0.39 is 0 Å². The van der Waals surface area contributed by atoms with E-state index in [-0.39, 0.29) is 16.9 Å². The number of likely N-dealkylation sites (N-methyl/N-ethyl adjacent to an activating group) is 1. The summed E-state index contributed by atoms with van der Waals surface area (Å²) in [5.74, 6) is 0.214. The Balaban J connectivity index is 2.84. The summed E-state index contributed by atoms with van der Waals surface area (Å²) >= 11 is 5.70. The highest BCUT2D eigenvalue weighted by molar-refractivity contribution is 6.30. The van der Waals surface area contributed by atoms with E-state index in [0.29, 0.717) is 12.5 Å². The number of hydrogen-bond acceptors (Lipinski definition) is 2. The Morgan fingerprint density at radius 2 is 2.11 bits per heavy atom. The standard InChI is InChI=1S/C14H22ClFN2/c1-4-10(2)9-18(3)14(8-17)11-5-6-12(15)13(16)7-11/h5-7,10,14H,4,8-9,17H2,1-3H3. The summed E-state index contributed by atoms with van der Waals surface area (Å²) in [6.07, 6.45) is 1.12. The first-order valence-corrected chi connectivity index (χ1v) is 6.72. The molecule has 0 saturated heterocycles. The van der Waals surface area contributed by atoms with Crippen molar-refractivity contribution in [2.75, 3.05) is 20.1 Å². The fraction of sp³-hybridized carbons (Fsp3) is 0.571. The van der Waals surface area contributed by atoms with Crippen LogP contribution in [-0.2, 0) is 0 Å². The minimum atomic E-state index is -0.385. The Hall–Kier alpha value is -0.640. The zero-order valence-corrected chi connectivity index (χ0v) is 12.0. The Morgan fingerprint density at radius 1 is 1.44 bits per heavy atom. The maximum absolute atomic E-state index is 13.5. The van der Waals surface area contributed by atoms with Crippen LogP contribution in [-0.4, -0.2) is 25.0 Å². The topological polar surface area (TPSA) is 29.3 Å². The van der Waals surface area contributed by atoms with Gasteiger partial charge in [0.05, 0.1) is 5.02 Å². The lowest BCUT2D eigenvalue weighted by atomic mass is 10.0. The van der Waals surface area contributed by atoms with Crippen LogP contribution < -0.4 is 5.73 Å². The largest absolute Gasteiger partial charge is 0.329 e. The smallest absolute Gasteiger partial charge is 0.142 e. The highest BCUT2D eigenvalue weighted by Gasteiger charge is 2.18.